The van der Waals surface area contributed by atoms with Gasteiger partial charge < -0.3 is 24.8 Å². The Labute approximate surface area is 80.4 Å². The van der Waals surface area contributed by atoms with Crippen molar-refractivity contribution in [1.82, 2.24) is 0 Å². The maximum Gasteiger partial charge on any atom is 0.378 e. The van der Waals surface area contributed by atoms with Crippen LogP contribution in [0, 0.1) is 0 Å². The second-order valence-corrected chi connectivity index (χ2v) is 2.72. The average molecular weight is 204 g/mol. The molecule has 0 aromatic heterocycles. The summed E-state index contributed by atoms with van der Waals surface area (Å²) < 4.78 is 9.53. The molecule has 1 heterocycles. The van der Waals surface area contributed by atoms with Crippen molar-refractivity contribution < 1.29 is 29.6 Å². The van der Waals surface area contributed by atoms with Gasteiger partial charge in [-0.05, 0) is 6.92 Å². The van der Waals surface area contributed by atoms with Gasteiger partial charge in [0, 0.05) is 0 Å². The van der Waals surface area contributed by atoms with Crippen LogP contribution in [0.15, 0.2) is 11.5 Å². The minimum absolute atomic E-state index is 0.126. The Hall–Kier alpha value is -1.27. The molecule has 80 valence electrons. The Morgan fingerprint density at radius 3 is 2.79 bits per heavy atom. The smallest absolute Gasteiger partial charge is 0.378 e. The number of esters is 1. The zero-order chi connectivity index (χ0) is 10.7. The SMILES string of the molecule is CCOC1=C(O)C(=O)OC1[C@@H](O)CO. The normalized spacial score (nSPS) is 23.6. The molecule has 0 aliphatic carbocycles. The fraction of sp³-hybridized carbons (Fsp3) is 0.625. The van der Waals surface area contributed by atoms with Gasteiger partial charge in [-0.2, -0.15) is 0 Å². The van der Waals surface area contributed by atoms with E-state index in [1.54, 1.807) is 6.92 Å². The third-order valence-corrected chi connectivity index (χ3v) is 1.76. The Kier molecular flexibility index (Phi) is 3.32. The minimum atomic E-state index is -1.29. The molecule has 1 aliphatic rings. The van der Waals surface area contributed by atoms with E-state index in [-0.39, 0.29) is 12.4 Å². The van der Waals surface area contributed by atoms with Crippen LogP contribution in [0.25, 0.3) is 0 Å². The van der Waals surface area contributed by atoms with Crippen molar-refractivity contribution >= 4 is 5.97 Å². The monoisotopic (exact) mass is 204 g/mol. The van der Waals surface area contributed by atoms with Crippen LogP contribution in [0.4, 0.5) is 0 Å². The maximum absolute atomic E-state index is 10.9. The molecule has 2 atom stereocenters. The molecule has 1 aliphatic heterocycles. The Bertz CT molecular complexity index is 259. The molecule has 3 N–H and O–H groups in total. The second-order valence-electron chi connectivity index (χ2n) is 2.72. The molecule has 14 heavy (non-hydrogen) atoms. The van der Waals surface area contributed by atoms with Crippen molar-refractivity contribution in [3.8, 4) is 0 Å². The largest absolute Gasteiger partial charge is 0.499 e. The van der Waals surface area contributed by atoms with E-state index < -0.39 is 30.5 Å². The maximum atomic E-state index is 10.9. The standard InChI is InChI=1S/C8H12O6/c1-2-13-7-5(11)8(12)14-6(7)4(10)3-9/h4,6,9-11H,2-3H2,1H3/t4-,6?/m0/s1. The van der Waals surface area contributed by atoms with Crippen LogP contribution in [0.5, 0.6) is 0 Å². The van der Waals surface area contributed by atoms with Gasteiger partial charge in [0.05, 0.1) is 13.2 Å². The van der Waals surface area contributed by atoms with Crippen molar-refractivity contribution in [2.24, 2.45) is 0 Å². The van der Waals surface area contributed by atoms with E-state index in [0.29, 0.717) is 0 Å². The average Bonchev–Trinajstić information content (AvgIpc) is 2.45. The molecule has 0 aromatic rings. The summed E-state index contributed by atoms with van der Waals surface area (Å²) in [7, 11) is 0. The number of aliphatic hydroxyl groups excluding tert-OH is 3. The molecule has 0 saturated carbocycles. The van der Waals surface area contributed by atoms with Crippen LogP contribution < -0.4 is 0 Å². The van der Waals surface area contributed by atoms with Crippen molar-refractivity contribution in [1.29, 1.82) is 0 Å². The van der Waals surface area contributed by atoms with Crippen LogP contribution in [0.3, 0.4) is 0 Å². The highest BCUT2D eigenvalue weighted by atomic mass is 16.6. The van der Waals surface area contributed by atoms with E-state index >= 15 is 0 Å². The molecule has 1 rings (SSSR count). The third-order valence-electron chi connectivity index (χ3n) is 1.76. The van der Waals surface area contributed by atoms with Gasteiger partial charge >= 0.3 is 5.97 Å². The molecule has 0 saturated heterocycles. The molecule has 6 heteroatoms. The molecule has 6 nitrogen and oxygen atoms in total. The van der Waals surface area contributed by atoms with Crippen LogP contribution in [-0.4, -0.2) is 46.7 Å². The molecule has 0 bridgehead atoms. The van der Waals surface area contributed by atoms with Gasteiger partial charge in [0.2, 0.25) is 5.76 Å². The number of hydrogen-bond acceptors (Lipinski definition) is 6. The number of rotatable bonds is 4. The predicted molar refractivity (Wildman–Crippen MR) is 44.3 cm³/mol. The van der Waals surface area contributed by atoms with Crippen molar-refractivity contribution in [3.63, 3.8) is 0 Å². The first-order chi connectivity index (χ1) is 6.61. The van der Waals surface area contributed by atoms with Crippen LogP contribution in [0.2, 0.25) is 0 Å². The quantitative estimate of drug-likeness (QED) is 0.512. The zero-order valence-corrected chi connectivity index (χ0v) is 7.64. The summed E-state index contributed by atoms with van der Waals surface area (Å²) in [5, 5.41) is 27.1. The molecular weight excluding hydrogens is 192 g/mol. The first-order valence-corrected chi connectivity index (χ1v) is 4.17. The van der Waals surface area contributed by atoms with Crippen LogP contribution >= 0.6 is 0 Å². The first-order valence-electron chi connectivity index (χ1n) is 4.17. The first kappa shape index (κ1) is 10.8. The van der Waals surface area contributed by atoms with Crippen molar-refractivity contribution in [2.75, 3.05) is 13.2 Å². The molecule has 1 unspecified atom stereocenters. The number of ether oxygens (including phenoxy) is 2. The third kappa shape index (κ3) is 1.80. The second kappa shape index (κ2) is 4.30. The lowest BCUT2D eigenvalue weighted by Crippen LogP contribution is -2.32. The van der Waals surface area contributed by atoms with E-state index in [1.165, 1.54) is 0 Å². The van der Waals surface area contributed by atoms with Crippen molar-refractivity contribution in [3.05, 3.63) is 11.5 Å². The highest BCUT2D eigenvalue weighted by Gasteiger charge is 2.40. The summed E-state index contributed by atoms with van der Waals surface area (Å²) in [5.41, 5.74) is 0. The van der Waals surface area contributed by atoms with Gasteiger partial charge in [-0.25, -0.2) is 4.79 Å². The minimum Gasteiger partial charge on any atom is -0.499 e. The Balaban J connectivity index is 2.84. The van der Waals surface area contributed by atoms with Gasteiger partial charge in [-0.1, -0.05) is 0 Å². The topological polar surface area (TPSA) is 96.2 Å². The summed E-state index contributed by atoms with van der Waals surface area (Å²) in [5.74, 6) is -1.73. The van der Waals surface area contributed by atoms with Gasteiger partial charge in [-0.3, -0.25) is 0 Å². The molecular formula is C8H12O6. The fourth-order valence-corrected chi connectivity index (χ4v) is 1.12. The number of cyclic esters (lactones) is 1. The Morgan fingerprint density at radius 1 is 1.64 bits per heavy atom. The number of carbonyl (C=O) groups is 1. The zero-order valence-electron chi connectivity index (χ0n) is 7.64. The predicted octanol–water partition coefficient (Wildman–Crippen LogP) is -0.929. The number of aliphatic hydroxyl groups is 3. The lowest BCUT2D eigenvalue weighted by molar-refractivity contribution is -0.148. The highest BCUT2D eigenvalue weighted by molar-refractivity contribution is 5.89. The Morgan fingerprint density at radius 2 is 2.29 bits per heavy atom. The van der Waals surface area contributed by atoms with E-state index in [9.17, 15) is 15.0 Å². The lowest BCUT2D eigenvalue weighted by atomic mass is 10.2. The summed E-state index contributed by atoms with van der Waals surface area (Å²) in [4.78, 5) is 10.9. The van der Waals surface area contributed by atoms with E-state index in [4.69, 9.17) is 9.84 Å². The molecule has 0 aromatic carbocycles. The van der Waals surface area contributed by atoms with E-state index in [2.05, 4.69) is 4.74 Å². The van der Waals surface area contributed by atoms with Crippen LogP contribution in [0.1, 0.15) is 6.92 Å². The molecule has 0 spiro atoms. The molecule has 0 amide bonds. The summed E-state index contributed by atoms with van der Waals surface area (Å²) in [6.07, 6.45) is -2.41. The fourth-order valence-electron chi connectivity index (χ4n) is 1.12. The van der Waals surface area contributed by atoms with Gasteiger partial charge in [0.25, 0.3) is 0 Å². The van der Waals surface area contributed by atoms with Crippen LogP contribution in [-0.2, 0) is 14.3 Å². The van der Waals surface area contributed by atoms with E-state index in [0.717, 1.165) is 0 Å². The summed E-state index contributed by atoms with van der Waals surface area (Å²) >= 11 is 0. The van der Waals surface area contributed by atoms with Gasteiger partial charge in [0.1, 0.15) is 6.10 Å². The molecule has 0 fully saturated rings. The van der Waals surface area contributed by atoms with Crippen molar-refractivity contribution in [2.45, 2.75) is 19.1 Å². The van der Waals surface area contributed by atoms with E-state index in [1.807, 2.05) is 0 Å². The van der Waals surface area contributed by atoms with Gasteiger partial charge in [0.15, 0.2) is 11.9 Å². The lowest BCUT2D eigenvalue weighted by Gasteiger charge is -2.17. The molecule has 0 radical (unpaired) electrons. The summed E-state index contributed by atoms with van der Waals surface area (Å²) in [6.45, 7) is 1.30. The number of hydrogen-bond donors (Lipinski definition) is 3. The van der Waals surface area contributed by atoms with Gasteiger partial charge in [-0.15, -0.1) is 0 Å². The summed E-state index contributed by atoms with van der Waals surface area (Å²) in [6, 6.07) is 0. The highest BCUT2D eigenvalue weighted by Crippen LogP contribution is 2.24. The number of carbonyl (C=O) groups excluding carboxylic acids is 1.